The van der Waals surface area contributed by atoms with E-state index in [1.54, 1.807) is 0 Å². The second-order valence-electron chi connectivity index (χ2n) is 2.02. The SMILES string of the molecule is CC1=CCCNC1.Cl. The molecule has 0 aliphatic carbocycles. The van der Waals surface area contributed by atoms with Gasteiger partial charge in [0.1, 0.15) is 0 Å². The van der Waals surface area contributed by atoms with Crippen LogP contribution in [0.3, 0.4) is 0 Å². The molecule has 48 valence electrons. The van der Waals surface area contributed by atoms with Crippen LogP contribution in [0.1, 0.15) is 13.3 Å². The minimum atomic E-state index is 0. The molecule has 2 heteroatoms. The smallest absolute Gasteiger partial charge is 0.0161 e. The van der Waals surface area contributed by atoms with E-state index in [1.807, 2.05) is 0 Å². The molecule has 0 aromatic rings. The molecule has 0 aromatic carbocycles. The zero-order chi connectivity index (χ0) is 5.11. The second-order valence-corrected chi connectivity index (χ2v) is 2.02. The third-order valence-corrected chi connectivity index (χ3v) is 1.22. The van der Waals surface area contributed by atoms with Crippen molar-refractivity contribution in [2.24, 2.45) is 0 Å². The molecule has 1 rings (SSSR count). The second kappa shape index (κ2) is 3.93. The Morgan fingerprint density at radius 1 is 1.62 bits per heavy atom. The van der Waals surface area contributed by atoms with E-state index >= 15 is 0 Å². The van der Waals surface area contributed by atoms with E-state index in [9.17, 15) is 0 Å². The molecule has 1 N–H and O–H groups in total. The van der Waals surface area contributed by atoms with Gasteiger partial charge in [0.05, 0.1) is 0 Å². The molecule has 0 bridgehead atoms. The number of halogens is 1. The van der Waals surface area contributed by atoms with Crippen LogP contribution in [-0.2, 0) is 0 Å². The van der Waals surface area contributed by atoms with Crippen LogP contribution >= 0.6 is 12.4 Å². The molecule has 0 saturated carbocycles. The first-order valence-corrected chi connectivity index (χ1v) is 2.76. The Kier molecular flexibility index (Phi) is 3.92. The Morgan fingerprint density at radius 2 is 2.38 bits per heavy atom. The maximum atomic E-state index is 3.27. The molecule has 1 aliphatic rings. The van der Waals surface area contributed by atoms with Crippen molar-refractivity contribution in [1.29, 1.82) is 0 Å². The fraction of sp³-hybridized carbons (Fsp3) is 0.667. The lowest BCUT2D eigenvalue weighted by Crippen LogP contribution is -2.20. The van der Waals surface area contributed by atoms with Crippen molar-refractivity contribution in [3.63, 3.8) is 0 Å². The minimum absolute atomic E-state index is 0. The summed E-state index contributed by atoms with van der Waals surface area (Å²) in [5.74, 6) is 0. The van der Waals surface area contributed by atoms with Gasteiger partial charge in [-0.05, 0) is 19.9 Å². The summed E-state index contributed by atoms with van der Waals surface area (Å²) in [7, 11) is 0. The lowest BCUT2D eigenvalue weighted by Gasteiger charge is -2.08. The maximum absolute atomic E-state index is 3.27. The van der Waals surface area contributed by atoms with E-state index in [2.05, 4.69) is 18.3 Å². The van der Waals surface area contributed by atoms with Gasteiger partial charge in [0, 0.05) is 6.54 Å². The van der Waals surface area contributed by atoms with Gasteiger partial charge in [0.25, 0.3) is 0 Å². The predicted molar refractivity (Wildman–Crippen MR) is 38.5 cm³/mol. The molecular formula is C6H12ClN. The van der Waals surface area contributed by atoms with Gasteiger partial charge in [-0.25, -0.2) is 0 Å². The van der Waals surface area contributed by atoms with Crippen molar-refractivity contribution in [1.82, 2.24) is 5.32 Å². The minimum Gasteiger partial charge on any atom is -0.313 e. The molecule has 0 spiro atoms. The quantitative estimate of drug-likeness (QED) is 0.492. The van der Waals surface area contributed by atoms with Crippen LogP contribution in [0.15, 0.2) is 11.6 Å². The molecule has 0 amide bonds. The van der Waals surface area contributed by atoms with Crippen molar-refractivity contribution in [2.45, 2.75) is 13.3 Å². The van der Waals surface area contributed by atoms with Crippen LogP contribution in [-0.4, -0.2) is 13.1 Å². The molecular weight excluding hydrogens is 122 g/mol. The summed E-state index contributed by atoms with van der Waals surface area (Å²) in [6.07, 6.45) is 3.50. The highest BCUT2D eigenvalue weighted by Crippen LogP contribution is 1.96. The average molecular weight is 134 g/mol. The van der Waals surface area contributed by atoms with Crippen LogP contribution < -0.4 is 5.32 Å². The van der Waals surface area contributed by atoms with Gasteiger partial charge >= 0.3 is 0 Å². The van der Waals surface area contributed by atoms with Crippen LogP contribution in [0, 0.1) is 0 Å². The molecule has 0 saturated heterocycles. The zero-order valence-corrected chi connectivity index (χ0v) is 5.92. The largest absolute Gasteiger partial charge is 0.313 e. The molecule has 1 nitrogen and oxygen atoms in total. The maximum Gasteiger partial charge on any atom is 0.0161 e. The van der Waals surface area contributed by atoms with Crippen LogP contribution in [0.25, 0.3) is 0 Å². The molecule has 0 unspecified atom stereocenters. The number of hydrogen-bond donors (Lipinski definition) is 1. The highest BCUT2D eigenvalue weighted by molar-refractivity contribution is 5.85. The summed E-state index contributed by atoms with van der Waals surface area (Å²) >= 11 is 0. The van der Waals surface area contributed by atoms with E-state index in [4.69, 9.17) is 0 Å². The number of hydrogen-bond acceptors (Lipinski definition) is 1. The van der Waals surface area contributed by atoms with Crippen molar-refractivity contribution in [2.75, 3.05) is 13.1 Å². The van der Waals surface area contributed by atoms with Crippen LogP contribution in [0.4, 0.5) is 0 Å². The molecule has 1 aliphatic heterocycles. The van der Waals surface area contributed by atoms with Crippen molar-refractivity contribution in [3.05, 3.63) is 11.6 Å². The van der Waals surface area contributed by atoms with E-state index in [-0.39, 0.29) is 12.4 Å². The van der Waals surface area contributed by atoms with E-state index in [0.29, 0.717) is 0 Å². The third-order valence-electron chi connectivity index (χ3n) is 1.22. The summed E-state index contributed by atoms with van der Waals surface area (Å²) in [4.78, 5) is 0. The molecule has 1 heterocycles. The van der Waals surface area contributed by atoms with Gasteiger partial charge in [-0.1, -0.05) is 11.6 Å². The normalized spacial score (nSPS) is 18.9. The highest BCUT2D eigenvalue weighted by atomic mass is 35.5. The Hall–Kier alpha value is -0.0100. The van der Waals surface area contributed by atoms with Crippen molar-refractivity contribution >= 4 is 12.4 Å². The molecule has 0 aromatic heterocycles. The first-order chi connectivity index (χ1) is 3.39. The average Bonchev–Trinajstić information content (AvgIpc) is 1.69. The van der Waals surface area contributed by atoms with E-state index in [1.165, 1.54) is 12.0 Å². The molecule has 0 atom stereocenters. The summed E-state index contributed by atoms with van der Waals surface area (Å²) in [5, 5.41) is 3.27. The topological polar surface area (TPSA) is 12.0 Å². The van der Waals surface area contributed by atoms with Crippen molar-refractivity contribution < 1.29 is 0 Å². The van der Waals surface area contributed by atoms with Gasteiger partial charge in [-0.15, -0.1) is 12.4 Å². The Labute approximate surface area is 56.6 Å². The predicted octanol–water partition coefficient (Wildman–Crippen LogP) is 1.35. The van der Waals surface area contributed by atoms with Crippen LogP contribution in [0.2, 0.25) is 0 Å². The number of nitrogens with one attached hydrogen (secondary N) is 1. The van der Waals surface area contributed by atoms with Crippen LogP contribution in [0.5, 0.6) is 0 Å². The van der Waals surface area contributed by atoms with Gasteiger partial charge < -0.3 is 5.32 Å². The lowest BCUT2D eigenvalue weighted by molar-refractivity contribution is 0.703. The fourth-order valence-corrected chi connectivity index (χ4v) is 0.778. The van der Waals surface area contributed by atoms with Crippen molar-refractivity contribution in [3.8, 4) is 0 Å². The van der Waals surface area contributed by atoms with E-state index < -0.39 is 0 Å². The first kappa shape index (κ1) is 7.99. The molecule has 0 fully saturated rings. The Bertz CT molecular complexity index is 88.5. The summed E-state index contributed by atoms with van der Waals surface area (Å²) < 4.78 is 0. The molecule has 8 heavy (non-hydrogen) atoms. The fourth-order valence-electron chi connectivity index (χ4n) is 0.778. The van der Waals surface area contributed by atoms with Gasteiger partial charge in [-0.3, -0.25) is 0 Å². The van der Waals surface area contributed by atoms with Gasteiger partial charge in [-0.2, -0.15) is 0 Å². The monoisotopic (exact) mass is 133 g/mol. The van der Waals surface area contributed by atoms with E-state index in [0.717, 1.165) is 13.1 Å². The summed E-state index contributed by atoms with van der Waals surface area (Å²) in [6.45, 7) is 4.42. The third kappa shape index (κ3) is 2.34. The summed E-state index contributed by atoms with van der Waals surface area (Å²) in [5.41, 5.74) is 1.48. The Morgan fingerprint density at radius 3 is 2.62 bits per heavy atom. The molecule has 0 radical (unpaired) electrons. The van der Waals surface area contributed by atoms with Gasteiger partial charge in [0.15, 0.2) is 0 Å². The standard InChI is InChI=1S/C6H11N.ClH/c1-6-3-2-4-7-5-6;/h3,7H,2,4-5H2,1H3;1H. The zero-order valence-electron chi connectivity index (χ0n) is 5.11. The first-order valence-electron chi connectivity index (χ1n) is 2.76. The van der Waals surface area contributed by atoms with Gasteiger partial charge in [0.2, 0.25) is 0 Å². The number of rotatable bonds is 0. The summed E-state index contributed by atoms with van der Waals surface area (Å²) in [6, 6.07) is 0. The lowest BCUT2D eigenvalue weighted by atomic mass is 10.2. The Balaban J connectivity index is 0.000000490. The highest BCUT2D eigenvalue weighted by Gasteiger charge is 1.93.